The summed E-state index contributed by atoms with van der Waals surface area (Å²) in [6, 6.07) is 11.4. The Morgan fingerprint density at radius 2 is 1.82 bits per heavy atom. The van der Waals surface area contributed by atoms with Gasteiger partial charge >= 0.3 is 10.2 Å². The molecule has 40 heavy (non-hydrogen) atoms. The van der Waals surface area contributed by atoms with Crippen LogP contribution in [-0.2, 0) is 10.2 Å². The SMILES string of the molecule is CCN(C)S(=O)(=O)Nc1ccc(F)c(C(=O)c2c[nH]c3ncc(-c4ccc(N5CCC(=N)CC5)cc4)cc23)c1F. The topological polar surface area (TPSA) is 122 Å². The maximum absolute atomic E-state index is 15.4. The van der Waals surface area contributed by atoms with Gasteiger partial charge in [0.1, 0.15) is 11.5 Å². The van der Waals surface area contributed by atoms with Gasteiger partial charge in [0.2, 0.25) is 5.78 Å². The van der Waals surface area contributed by atoms with E-state index in [9.17, 15) is 17.6 Å². The summed E-state index contributed by atoms with van der Waals surface area (Å²) in [4.78, 5) is 22.9. The molecule has 3 heterocycles. The molecule has 0 amide bonds. The summed E-state index contributed by atoms with van der Waals surface area (Å²) in [6.07, 6.45) is 4.48. The molecule has 5 rings (SSSR count). The number of benzene rings is 2. The molecule has 0 radical (unpaired) electrons. The van der Waals surface area contributed by atoms with Crippen molar-refractivity contribution in [3.05, 3.63) is 77.6 Å². The van der Waals surface area contributed by atoms with Crippen LogP contribution in [0.1, 0.15) is 35.7 Å². The van der Waals surface area contributed by atoms with Gasteiger partial charge in [0.15, 0.2) is 5.82 Å². The first-order chi connectivity index (χ1) is 19.1. The molecule has 2 aromatic carbocycles. The van der Waals surface area contributed by atoms with Crippen molar-refractivity contribution in [2.75, 3.05) is 36.3 Å². The van der Waals surface area contributed by atoms with E-state index in [4.69, 9.17) is 5.41 Å². The van der Waals surface area contributed by atoms with E-state index in [-0.39, 0.29) is 12.1 Å². The van der Waals surface area contributed by atoms with E-state index in [1.165, 1.54) is 13.2 Å². The fourth-order valence-corrected chi connectivity index (χ4v) is 5.54. The molecule has 4 aromatic rings. The van der Waals surface area contributed by atoms with Crippen LogP contribution < -0.4 is 9.62 Å². The molecule has 0 spiro atoms. The molecular formula is C28H28F2N6O3S. The molecular weight excluding hydrogens is 538 g/mol. The van der Waals surface area contributed by atoms with Gasteiger partial charge in [-0.2, -0.15) is 12.7 Å². The second-order valence-corrected chi connectivity index (χ2v) is 11.4. The van der Waals surface area contributed by atoms with Crippen LogP contribution in [0.25, 0.3) is 22.2 Å². The number of nitrogens with one attached hydrogen (secondary N) is 3. The van der Waals surface area contributed by atoms with Crippen molar-refractivity contribution in [2.45, 2.75) is 19.8 Å². The lowest BCUT2D eigenvalue weighted by atomic mass is 9.99. The Labute approximate surface area is 230 Å². The van der Waals surface area contributed by atoms with Gasteiger partial charge in [0.05, 0.1) is 11.3 Å². The minimum Gasteiger partial charge on any atom is -0.371 e. The molecule has 2 aromatic heterocycles. The van der Waals surface area contributed by atoms with Gasteiger partial charge in [-0.25, -0.2) is 13.8 Å². The maximum atomic E-state index is 15.4. The van der Waals surface area contributed by atoms with E-state index in [1.54, 1.807) is 19.2 Å². The number of fused-ring (bicyclic) bond motifs is 1. The van der Waals surface area contributed by atoms with Gasteiger partial charge in [-0.15, -0.1) is 0 Å². The fourth-order valence-electron chi connectivity index (χ4n) is 4.61. The number of halogens is 2. The Morgan fingerprint density at radius 1 is 1.12 bits per heavy atom. The molecule has 3 N–H and O–H groups in total. The zero-order chi connectivity index (χ0) is 28.6. The Balaban J connectivity index is 1.46. The van der Waals surface area contributed by atoms with Crippen LogP contribution >= 0.6 is 0 Å². The predicted octanol–water partition coefficient (Wildman–Crippen LogP) is 4.97. The number of ketones is 1. The predicted molar refractivity (Wildman–Crippen MR) is 151 cm³/mol. The number of aromatic nitrogens is 2. The highest BCUT2D eigenvalue weighted by Crippen LogP contribution is 2.31. The Hall–Kier alpha value is -4.16. The minimum absolute atomic E-state index is 0.000202. The first kappa shape index (κ1) is 27.4. The van der Waals surface area contributed by atoms with E-state index in [1.807, 2.05) is 24.3 Å². The number of H-pyrrole nitrogens is 1. The van der Waals surface area contributed by atoms with Crippen LogP contribution in [0.4, 0.5) is 20.2 Å². The lowest BCUT2D eigenvalue weighted by molar-refractivity contribution is 0.103. The summed E-state index contributed by atoms with van der Waals surface area (Å²) in [7, 11) is -2.79. The van der Waals surface area contributed by atoms with Gasteiger partial charge in [-0.05, 0) is 35.9 Å². The Bertz CT molecular complexity index is 1710. The van der Waals surface area contributed by atoms with E-state index in [2.05, 4.69) is 19.6 Å². The van der Waals surface area contributed by atoms with Crippen LogP contribution in [0.2, 0.25) is 0 Å². The number of anilines is 2. The van der Waals surface area contributed by atoms with Gasteiger partial charge in [0, 0.05) is 79.8 Å². The van der Waals surface area contributed by atoms with Gasteiger partial charge < -0.3 is 15.3 Å². The molecule has 9 nitrogen and oxygen atoms in total. The summed E-state index contributed by atoms with van der Waals surface area (Å²) in [5.74, 6) is -3.37. The van der Waals surface area contributed by atoms with Crippen molar-refractivity contribution in [1.29, 1.82) is 5.41 Å². The second kappa shape index (κ2) is 10.8. The number of hydrogen-bond acceptors (Lipinski definition) is 6. The number of carbonyl (C=O) groups is 1. The minimum atomic E-state index is -4.10. The average molecular weight is 567 g/mol. The van der Waals surface area contributed by atoms with E-state index in [0.717, 1.165) is 59.3 Å². The molecule has 208 valence electrons. The van der Waals surface area contributed by atoms with Gasteiger partial charge in [-0.3, -0.25) is 9.52 Å². The highest BCUT2D eigenvalue weighted by molar-refractivity contribution is 7.90. The largest absolute Gasteiger partial charge is 0.371 e. The maximum Gasteiger partial charge on any atom is 0.301 e. The fraction of sp³-hybridized carbons (Fsp3) is 0.250. The number of nitrogens with zero attached hydrogens (tertiary/aromatic N) is 3. The smallest absolute Gasteiger partial charge is 0.301 e. The monoisotopic (exact) mass is 566 g/mol. The highest BCUT2D eigenvalue weighted by atomic mass is 32.2. The third-order valence-electron chi connectivity index (χ3n) is 7.12. The molecule has 1 fully saturated rings. The molecule has 12 heteroatoms. The summed E-state index contributed by atoms with van der Waals surface area (Å²) in [5.41, 5.74) is 2.32. The number of hydrogen-bond donors (Lipinski definition) is 3. The van der Waals surface area contributed by atoms with Crippen molar-refractivity contribution >= 4 is 44.1 Å². The molecule has 0 aliphatic carbocycles. The lowest BCUT2D eigenvalue weighted by Crippen LogP contribution is -2.33. The summed E-state index contributed by atoms with van der Waals surface area (Å²) in [5, 5.41) is 8.17. The third-order valence-corrected chi connectivity index (χ3v) is 8.68. The summed E-state index contributed by atoms with van der Waals surface area (Å²) >= 11 is 0. The van der Waals surface area contributed by atoms with Crippen molar-refractivity contribution in [3.63, 3.8) is 0 Å². The number of carbonyl (C=O) groups excluding carboxylic acids is 1. The number of pyridine rings is 1. The second-order valence-electron chi connectivity index (χ2n) is 9.59. The Morgan fingerprint density at radius 3 is 2.50 bits per heavy atom. The van der Waals surface area contributed by atoms with Crippen molar-refractivity contribution in [3.8, 4) is 11.1 Å². The van der Waals surface area contributed by atoms with Crippen LogP contribution in [0.15, 0.2) is 54.9 Å². The van der Waals surface area contributed by atoms with Crippen LogP contribution in [0.5, 0.6) is 0 Å². The van der Waals surface area contributed by atoms with Crippen molar-refractivity contribution in [2.24, 2.45) is 0 Å². The van der Waals surface area contributed by atoms with Crippen LogP contribution in [0, 0.1) is 17.0 Å². The normalized spacial score (nSPS) is 14.2. The molecule has 1 aliphatic rings. The molecule has 0 unspecified atom stereocenters. The van der Waals surface area contributed by atoms with E-state index >= 15 is 4.39 Å². The summed E-state index contributed by atoms with van der Waals surface area (Å²) < 4.78 is 58.0. The van der Waals surface area contributed by atoms with Gasteiger partial charge in [0.25, 0.3) is 0 Å². The third kappa shape index (κ3) is 5.19. The van der Waals surface area contributed by atoms with Crippen LogP contribution in [-0.4, -0.2) is 60.9 Å². The highest BCUT2D eigenvalue weighted by Gasteiger charge is 2.27. The first-order valence-corrected chi connectivity index (χ1v) is 14.2. The lowest BCUT2D eigenvalue weighted by Gasteiger charge is -2.29. The average Bonchev–Trinajstić information content (AvgIpc) is 3.38. The van der Waals surface area contributed by atoms with E-state index < -0.39 is 38.9 Å². The Kier molecular flexibility index (Phi) is 7.39. The molecule has 1 saturated heterocycles. The number of piperidine rings is 1. The first-order valence-electron chi connectivity index (χ1n) is 12.7. The zero-order valence-electron chi connectivity index (χ0n) is 22.0. The quantitative estimate of drug-likeness (QED) is 0.260. The molecule has 0 saturated carbocycles. The number of aromatic amines is 1. The molecule has 1 aliphatic heterocycles. The van der Waals surface area contributed by atoms with Crippen molar-refractivity contribution < 1.29 is 22.0 Å². The van der Waals surface area contributed by atoms with E-state index in [0.29, 0.717) is 16.6 Å². The van der Waals surface area contributed by atoms with Crippen molar-refractivity contribution in [1.82, 2.24) is 14.3 Å². The molecule has 0 bridgehead atoms. The zero-order valence-corrected chi connectivity index (χ0v) is 22.8. The molecule has 0 atom stereocenters. The standard InChI is InChI=1S/C28H28F2N6O3S/c1-3-35(2)40(38,39)34-24-9-8-23(29)25(26(24)30)27(37)22-16-33-28-21(22)14-18(15-32-28)17-4-6-20(7-5-17)36-12-10-19(31)11-13-36/h4-9,14-16,31,34H,3,10-13H2,1-2H3,(H,32,33). The van der Waals surface area contributed by atoms with Gasteiger partial charge in [-0.1, -0.05) is 19.1 Å². The summed E-state index contributed by atoms with van der Waals surface area (Å²) in [6.45, 7) is 3.32. The number of rotatable bonds is 8. The van der Waals surface area contributed by atoms with Crippen LogP contribution in [0.3, 0.4) is 0 Å².